The van der Waals surface area contributed by atoms with Gasteiger partial charge in [0.05, 0.1) is 5.69 Å². The fourth-order valence-electron chi connectivity index (χ4n) is 3.45. The molecule has 0 radical (unpaired) electrons. The Morgan fingerprint density at radius 3 is 2.24 bits per heavy atom. The largest absolute Gasteiger partial charge is 0.352 e. The van der Waals surface area contributed by atoms with Crippen molar-refractivity contribution < 1.29 is 0 Å². The van der Waals surface area contributed by atoms with Crippen molar-refractivity contribution in [3.63, 3.8) is 0 Å². The predicted molar refractivity (Wildman–Crippen MR) is 85.5 cm³/mol. The van der Waals surface area contributed by atoms with Crippen LogP contribution in [0, 0.1) is 0 Å². The number of aromatic nitrogens is 2. The van der Waals surface area contributed by atoms with Crippen molar-refractivity contribution in [2.24, 2.45) is 5.73 Å². The fourth-order valence-corrected chi connectivity index (χ4v) is 3.45. The molecule has 1 aliphatic heterocycles. The monoisotopic (exact) mass is 289 g/mol. The molecule has 0 unspecified atom stereocenters. The smallest absolute Gasteiger partial charge is 0.156 e. The summed E-state index contributed by atoms with van der Waals surface area (Å²) in [5.41, 5.74) is 9.67. The Hall–Kier alpha value is -1.20. The molecule has 3 rings (SSSR count). The summed E-state index contributed by atoms with van der Waals surface area (Å²) < 4.78 is 0. The van der Waals surface area contributed by atoms with Gasteiger partial charge in [-0.2, -0.15) is 5.10 Å². The molecule has 1 saturated heterocycles. The number of hydrogen-bond acceptors (Lipinski definition) is 5. The summed E-state index contributed by atoms with van der Waals surface area (Å²) in [6, 6.07) is 0.862. The Bertz CT molecular complexity index is 490. The van der Waals surface area contributed by atoms with E-state index in [2.05, 4.69) is 33.8 Å². The third-order valence-electron chi connectivity index (χ3n) is 4.82. The summed E-state index contributed by atoms with van der Waals surface area (Å²) in [6.45, 7) is 9.27. The van der Waals surface area contributed by atoms with Gasteiger partial charge in [-0.15, -0.1) is 5.10 Å². The lowest BCUT2D eigenvalue weighted by Gasteiger charge is -2.36. The second kappa shape index (κ2) is 6.28. The van der Waals surface area contributed by atoms with Crippen LogP contribution in [0.2, 0.25) is 0 Å². The second-order valence-corrected chi connectivity index (χ2v) is 6.09. The van der Waals surface area contributed by atoms with E-state index in [4.69, 9.17) is 5.73 Å². The molecule has 1 aromatic heterocycles. The zero-order valence-corrected chi connectivity index (χ0v) is 13.3. The Balaban J connectivity index is 1.81. The van der Waals surface area contributed by atoms with Crippen molar-refractivity contribution in [2.45, 2.75) is 52.1 Å². The van der Waals surface area contributed by atoms with Gasteiger partial charge in [0.25, 0.3) is 0 Å². The van der Waals surface area contributed by atoms with E-state index in [0.29, 0.717) is 6.54 Å². The minimum Gasteiger partial charge on any atom is -0.352 e. The predicted octanol–water partition coefficient (Wildman–Crippen LogP) is 1.34. The number of rotatable bonds is 5. The van der Waals surface area contributed by atoms with Crippen LogP contribution >= 0.6 is 0 Å². The van der Waals surface area contributed by atoms with Gasteiger partial charge in [0.15, 0.2) is 5.82 Å². The highest BCUT2D eigenvalue weighted by Gasteiger charge is 2.32. The molecule has 5 nitrogen and oxygen atoms in total. The topological polar surface area (TPSA) is 58.3 Å². The molecule has 0 aromatic carbocycles. The minimum absolute atomic E-state index is 0.559. The molecule has 0 amide bonds. The molecule has 2 heterocycles. The second-order valence-electron chi connectivity index (χ2n) is 6.09. The molecule has 1 saturated carbocycles. The molecule has 116 valence electrons. The average Bonchev–Trinajstić information content (AvgIpc) is 3.38. The van der Waals surface area contributed by atoms with Crippen LogP contribution in [0.5, 0.6) is 0 Å². The zero-order valence-electron chi connectivity index (χ0n) is 13.3. The molecular formula is C16H27N5. The van der Waals surface area contributed by atoms with E-state index in [1.54, 1.807) is 0 Å². The van der Waals surface area contributed by atoms with E-state index in [1.165, 1.54) is 24.0 Å². The van der Waals surface area contributed by atoms with Crippen LogP contribution in [0.25, 0.3) is 0 Å². The fraction of sp³-hybridized carbons (Fsp3) is 0.750. The highest BCUT2D eigenvalue weighted by Crippen LogP contribution is 2.29. The third kappa shape index (κ3) is 2.90. The van der Waals surface area contributed by atoms with Crippen LogP contribution in [-0.2, 0) is 19.4 Å². The first-order valence-electron chi connectivity index (χ1n) is 8.34. The van der Waals surface area contributed by atoms with Crippen molar-refractivity contribution in [1.82, 2.24) is 15.1 Å². The maximum absolute atomic E-state index is 6.04. The van der Waals surface area contributed by atoms with Crippen LogP contribution in [0.3, 0.4) is 0 Å². The van der Waals surface area contributed by atoms with Crippen LogP contribution in [-0.4, -0.2) is 47.3 Å². The standard InChI is InChI=1S/C16H27N5/c1-3-13-14(11-17)16(19-18-15(13)4-2)21-9-7-20(8-10-21)12-5-6-12/h12H,3-11,17H2,1-2H3. The van der Waals surface area contributed by atoms with Gasteiger partial charge in [0.1, 0.15) is 0 Å². The first-order chi connectivity index (χ1) is 10.3. The van der Waals surface area contributed by atoms with Gasteiger partial charge in [-0.05, 0) is 31.2 Å². The van der Waals surface area contributed by atoms with Gasteiger partial charge in [-0.3, -0.25) is 4.90 Å². The molecular weight excluding hydrogens is 262 g/mol. The van der Waals surface area contributed by atoms with Crippen molar-refractivity contribution in [2.75, 3.05) is 31.1 Å². The Morgan fingerprint density at radius 2 is 1.71 bits per heavy atom. The Morgan fingerprint density at radius 1 is 1.00 bits per heavy atom. The third-order valence-corrected chi connectivity index (χ3v) is 4.82. The Labute approximate surface area is 127 Å². The van der Waals surface area contributed by atoms with Gasteiger partial charge >= 0.3 is 0 Å². The molecule has 1 aliphatic carbocycles. The highest BCUT2D eigenvalue weighted by atomic mass is 15.3. The van der Waals surface area contributed by atoms with E-state index < -0.39 is 0 Å². The maximum atomic E-state index is 6.04. The van der Waals surface area contributed by atoms with Crippen molar-refractivity contribution in [3.05, 3.63) is 16.8 Å². The lowest BCUT2D eigenvalue weighted by Crippen LogP contribution is -2.48. The molecule has 0 atom stereocenters. The summed E-state index contributed by atoms with van der Waals surface area (Å²) >= 11 is 0. The number of nitrogens with zero attached hydrogens (tertiary/aromatic N) is 4. The van der Waals surface area contributed by atoms with Crippen LogP contribution < -0.4 is 10.6 Å². The number of nitrogens with two attached hydrogens (primary N) is 1. The maximum Gasteiger partial charge on any atom is 0.156 e. The lowest BCUT2D eigenvalue weighted by atomic mass is 10.0. The Kier molecular flexibility index (Phi) is 4.40. The number of anilines is 1. The van der Waals surface area contributed by atoms with Crippen LogP contribution in [0.1, 0.15) is 43.5 Å². The molecule has 0 bridgehead atoms. The summed E-state index contributed by atoms with van der Waals surface area (Å²) in [4.78, 5) is 5.00. The van der Waals surface area contributed by atoms with Crippen LogP contribution in [0.15, 0.2) is 0 Å². The molecule has 21 heavy (non-hydrogen) atoms. The molecule has 1 aromatic rings. The highest BCUT2D eigenvalue weighted by molar-refractivity contribution is 5.51. The zero-order chi connectivity index (χ0) is 14.8. The number of hydrogen-bond donors (Lipinski definition) is 1. The van der Waals surface area contributed by atoms with Crippen LogP contribution in [0.4, 0.5) is 5.82 Å². The van der Waals surface area contributed by atoms with E-state index in [9.17, 15) is 0 Å². The van der Waals surface area contributed by atoms with Crippen molar-refractivity contribution in [3.8, 4) is 0 Å². The minimum atomic E-state index is 0.559. The van der Waals surface area contributed by atoms with Gasteiger partial charge in [-0.1, -0.05) is 13.8 Å². The summed E-state index contributed by atoms with van der Waals surface area (Å²) in [5, 5.41) is 8.97. The van der Waals surface area contributed by atoms with Gasteiger partial charge in [0.2, 0.25) is 0 Å². The first-order valence-corrected chi connectivity index (χ1v) is 8.34. The lowest BCUT2D eigenvalue weighted by molar-refractivity contribution is 0.247. The summed E-state index contributed by atoms with van der Waals surface area (Å²) in [6.07, 6.45) is 4.69. The molecule has 2 fully saturated rings. The molecule has 2 aliphatic rings. The first kappa shape index (κ1) is 14.7. The van der Waals surface area contributed by atoms with Crippen molar-refractivity contribution in [1.29, 1.82) is 0 Å². The number of piperazine rings is 1. The van der Waals surface area contributed by atoms with E-state index in [1.807, 2.05) is 0 Å². The van der Waals surface area contributed by atoms with Gasteiger partial charge in [0, 0.05) is 44.3 Å². The number of aryl methyl sites for hydroxylation is 1. The van der Waals surface area contributed by atoms with E-state index >= 15 is 0 Å². The quantitative estimate of drug-likeness (QED) is 0.886. The molecule has 0 spiro atoms. The summed E-state index contributed by atoms with van der Waals surface area (Å²) in [5.74, 6) is 1.03. The molecule has 2 N–H and O–H groups in total. The van der Waals surface area contributed by atoms with Crippen molar-refractivity contribution >= 4 is 5.82 Å². The van der Waals surface area contributed by atoms with Gasteiger partial charge < -0.3 is 10.6 Å². The van der Waals surface area contributed by atoms with Gasteiger partial charge in [-0.25, -0.2) is 0 Å². The van der Waals surface area contributed by atoms with E-state index in [0.717, 1.165) is 56.6 Å². The summed E-state index contributed by atoms with van der Waals surface area (Å²) in [7, 11) is 0. The normalized spacial score (nSPS) is 20.0. The molecule has 5 heteroatoms. The van der Waals surface area contributed by atoms with E-state index in [-0.39, 0.29) is 0 Å². The average molecular weight is 289 g/mol. The SMILES string of the molecule is CCc1nnc(N2CCN(C3CC3)CC2)c(CN)c1CC.